The van der Waals surface area contributed by atoms with Gasteiger partial charge in [-0.1, -0.05) is 45.4 Å². The van der Waals surface area contributed by atoms with Crippen molar-refractivity contribution in [3.05, 3.63) is 0 Å². The Labute approximate surface area is 92.0 Å². The van der Waals surface area contributed by atoms with Gasteiger partial charge in [0.15, 0.2) is 5.17 Å². The number of hydrogen-bond acceptors (Lipinski definition) is 3. The van der Waals surface area contributed by atoms with Gasteiger partial charge in [-0.25, -0.2) is 0 Å². The summed E-state index contributed by atoms with van der Waals surface area (Å²) in [6, 6.07) is 0. The minimum atomic E-state index is 0.749. The Morgan fingerprint density at radius 2 is 2.21 bits per heavy atom. The van der Waals surface area contributed by atoms with E-state index in [4.69, 9.17) is 0 Å². The summed E-state index contributed by atoms with van der Waals surface area (Å²) in [6.45, 7) is 8.86. The fourth-order valence-corrected chi connectivity index (χ4v) is 2.37. The largest absolute Gasteiger partial charge is 0.365 e. The van der Waals surface area contributed by atoms with Crippen molar-refractivity contribution in [1.82, 2.24) is 5.32 Å². The Hall–Kier alpha value is -0.180. The molecule has 0 saturated carbocycles. The first-order valence-corrected chi connectivity index (χ1v) is 6.65. The van der Waals surface area contributed by atoms with Gasteiger partial charge in [0.25, 0.3) is 0 Å². The van der Waals surface area contributed by atoms with Crippen LogP contribution in [0.5, 0.6) is 0 Å². The van der Waals surface area contributed by atoms with Gasteiger partial charge in [0.2, 0.25) is 0 Å². The molecule has 1 aliphatic heterocycles. The molecule has 1 N–H and O–H groups in total. The zero-order chi connectivity index (χ0) is 10.4. The summed E-state index contributed by atoms with van der Waals surface area (Å²) in [5, 5.41) is 4.62. The lowest BCUT2D eigenvalue weighted by Crippen LogP contribution is -2.30. The standard InChI is InChI=1S/C11H22N2S/c1-4-10(5-2)7-13-11-12-6-9(3)8-14-11/h9-10H,4-8H2,1-3H3,(H,12,13). The summed E-state index contributed by atoms with van der Waals surface area (Å²) in [7, 11) is 0. The van der Waals surface area contributed by atoms with Crippen LogP contribution in [-0.2, 0) is 0 Å². The second kappa shape index (κ2) is 6.33. The van der Waals surface area contributed by atoms with Gasteiger partial charge in [-0.3, -0.25) is 4.99 Å². The van der Waals surface area contributed by atoms with Crippen LogP contribution in [0.4, 0.5) is 0 Å². The van der Waals surface area contributed by atoms with E-state index in [1.54, 1.807) is 0 Å². The highest BCUT2D eigenvalue weighted by atomic mass is 32.2. The Morgan fingerprint density at radius 1 is 1.50 bits per heavy atom. The van der Waals surface area contributed by atoms with Crippen LogP contribution in [0.25, 0.3) is 0 Å². The minimum Gasteiger partial charge on any atom is -0.365 e. The molecule has 0 aromatic rings. The van der Waals surface area contributed by atoms with Gasteiger partial charge in [0, 0.05) is 18.8 Å². The van der Waals surface area contributed by atoms with E-state index in [0.717, 1.165) is 30.1 Å². The van der Waals surface area contributed by atoms with E-state index >= 15 is 0 Å². The molecular weight excluding hydrogens is 192 g/mol. The number of amidine groups is 1. The molecule has 1 aliphatic rings. The number of nitrogens with one attached hydrogen (secondary N) is 1. The lowest BCUT2D eigenvalue weighted by atomic mass is 10.0. The smallest absolute Gasteiger partial charge is 0.156 e. The minimum absolute atomic E-state index is 0.749. The van der Waals surface area contributed by atoms with Crippen molar-refractivity contribution in [3.8, 4) is 0 Å². The molecule has 0 amide bonds. The van der Waals surface area contributed by atoms with Crippen LogP contribution in [-0.4, -0.2) is 24.0 Å². The van der Waals surface area contributed by atoms with Crippen molar-refractivity contribution < 1.29 is 0 Å². The molecule has 1 unspecified atom stereocenters. The Morgan fingerprint density at radius 3 is 2.71 bits per heavy atom. The molecule has 0 radical (unpaired) electrons. The quantitative estimate of drug-likeness (QED) is 0.778. The SMILES string of the molecule is CCC(CC)CNC1=NCC(C)CS1. The second-order valence-electron chi connectivity index (χ2n) is 4.13. The zero-order valence-electron chi connectivity index (χ0n) is 9.55. The topological polar surface area (TPSA) is 24.4 Å². The lowest BCUT2D eigenvalue weighted by molar-refractivity contribution is 0.485. The third-order valence-corrected chi connectivity index (χ3v) is 4.03. The van der Waals surface area contributed by atoms with E-state index in [9.17, 15) is 0 Å². The maximum absolute atomic E-state index is 4.52. The predicted molar refractivity (Wildman–Crippen MR) is 66.0 cm³/mol. The maximum atomic E-state index is 4.52. The molecule has 2 nitrogen and oxygen atoms in total. The average molecular weight is 214 g/mol. The highest BCUT2D eigenvalue weighted by Crippen LogP contribution is 2.16. The molecule has 82 valence electrons. The maximum Gasteiger partial charge on any atom is 0.156 e. The number of rotatable bonds is 4. The van der Waals surface area contributed by atoms with E-state index in [-0.39, 0.29) is 0 Å². The normalized spacial score (nSPS) is 22.3. The van der Waals surface area contributed by atoms with Gasteiger partial charge in [0.05, 0.1) is 0 Å². The summed E-state index contributed by atoms with van der Waals surface area (Å²) in [5.74, 6) is 2.77. The van der Waals surface area contributed by atoms with Gasteiger partial charge >= 0.3 is 0 Å². The fourth-order valence-electron chi connectivity index (χ4n) is 1.47. The van der Waals surface area contributed by atoms with Crippen molar-refractivity contribution in [2.45, 2.75) is 33.6 Å². The first-order chi connectivity index (χ1) is 6.76. The van der Waals surface area contributed by atoms with E-state index in [2.05, 4.69) is 31.1 Å². The highest BCUT2D eigenvalue weighted by molar-refractivity contribution is 8.13. The van der Waals surface area contributed by atoms with Crippen molar-refractivity contribution in [2.24, 2.45) is 16.8 Å². The second-order valence-corrected chi connectivity index (χ2v) is 5.13. The number of aliphatic imine (C=N–C) groups is 1. The molecule has 0 aromatic heterocycles. The molecule has 3 heteroatoms. The number of hydrogen-bond donors (Lipinski definition) is 1. The Balaban J connectivity index is 2.24. The molecule has 14 heavy (non-hydrogen) atoms. The van der Waals surface area contributed by atoms with Gasteiger partial charge < -0.3 is 5.32 Å². The molecule has 0 spiro atoms. The molecule has 1 atom stereocenters. The van der Waals surface area contributed by atoms with Crippen LogP contribution in [0.1, 0.15) is 33.6 Å². The third kappa shape index (κ3) is 3.91. The molecule has 0 fully saturated rings. The van der Waals surface area contributed by atoms with E-state index in [0.29, 0.717) is 0 Å². The Bertz CT molecular complexity index is 188. The summed E-state index contributed by atoms with van der Waals surface area (Å²) >= 11 is 1.87. The predicted octanol–water partition coefficient (Wildman–Crippen LogP) is 2.75. The number of thioether (sulfide) groups is 1. The summed E-state index contributed by atoms with van der Waals surface area (Å²) in [6.07, 6.45) is 2.52. The van der Waals surface area contributed by atoms with E-state index in [1.165, 1.54) is 18.6 Å². The first kappa shape index (κ1) is 11.9. The van der Waals surface area contributed by atoms with E-state index in [1.807, 2.05) is 11.8 Å². The first-order valence-electron chi connectivity index (χ1n) is 5.67. The third-order valence-electron chi connectivity index (χ3n) is 2.75. The Kier molecular flexibility index (Phi) is 5.38. The average Bonchev–Trinajstić information content (AvgIpc) is 2.22. The summed E-state index contributed by atoms with van der Waals surface area (Å²) in [5.41, 5.74) is 0. The van der Waals surface area contributed by atoms with Gasteiger partial charge in [0.1, 0.15) is 0 Å². The molecule has 1 heterocycles. The molecule has 0 aromatic carbocycles. The van der Waals surface area contributed by atoms with Crippen molar-refractivity contribution in [3.63, 3.8) is 0 Å². The van der Waals surface area contributed by atoms with Crippen molar-refractivity contribution >= 4 is 16.9 Å². The number of nitrogens with zero attached hydrogens (tertiary/aromatic N) is 1. The van der Waals surface area contributed by atoms with Crippen LogP contribution in [0.15, 0.2) is 4.99 Å². The van der Waals surface area contributed by atoms with Crippen molar-refractivity contribution in [2.75, 3.05) is 18.8 Å². The van der Waals surface area contributed by atoms with Gasteiger partial charge in [-0.15, -0.1) is 0 Å². The highest BCUT2D eigenvalue weighted by Gasteiger charge is 2.12. The van der Waals surface area contributed by atoms with Crippen LogP contribution in [0.2, 0.25) is 0 Å². The zero-order valence-corrected chi connectivity index (χ0v) is 10.4. The van der Waals surface area contributed by atoms with Crippen LogP contribution >= 0.6 is 11.8 Å². The van der Waals surface area contributed by atoms with E-state index < -0.39 is 0 Å². The molecule has 1 rings (SSSR count). The van der Waals surface area contributed by atoms with Crippen molar-refractivity contribution in [1.29, 1.82) is 0 Å². The van der Waals surface area contributed by atoms with Gasteiger partial charge in [-0.2, -0.15) is 0 Å². The van der Waals surface area contributed by atoms with Crippen LogP contribution < -0.4 is 5.32 Å². The molecule has 0 aliphatic carbocycles. The summed E-state index contributed by atoms with van der Waals surface area (Å²) in [4.78, 5) is 4.52. The monoisotopic (exact) mass is 214 g/mol. The van der Waals surface area contributed by atoms with Crippen LogP contribution in [0.3, 0.4) is 0 Å². The lowest BCUT2D eigenvalue weighted by Gasteiger charge is -2.20. The van der Waals surface area contributed by atoms with Gasteiger partial charge in [-0.05, 0) is 11.8 Å². The molecule has 0 saturated heterocycles. The molecular formula is C11H22N2S. The fraction of sp³-hybridized carbons (Fsp3) is 0.909. The molecule has 0 bridgehead atoms. The summed E-state index contributed by atoms with van der Waals surface area (Å²) < 4.78 is 0. The van der Waals surface area contributed by atoms with Crippen LogP contribution in [0, 0.1) is 11.8 Å².